The molecule has 2 heteroatoms. The number of aryl methyl sites for hydroxylation is 1. The number of aliphatic hydroxyl groups is 1. The van der Waals surface area contributed by atoms with Gasteiger partial charge in [0.15, 0.2) is 0 Å². The van der Waals surface area contributed by atoms with Gasteiger partial charge in [0.2, 0.25) is 0 Å². The second kappa shape index (κ2) is 5.61. The summed E-state index contributed by atoms with van der Waals surface area (Å²) in [6.07, 6.45) is 4.00. The highest BCUT2D eigenvalue weighted by Crippen LogP contribution is 2.37. The first-order chi connectivity index (χ1) is 10.0. The summed E-state index contributed by atoms with van der Waals surface area (Å²) >= 11 is 0. The molecular weight excluding hydrogens is 258 g/mol. The highest BCUT2D eigenvalue weighted by atomic mass is 16.3. The Bertz CT molecular complexity index is 689. The molecule has 0 saturated heterocycles. The summed E-state index contributed by atoms with van der Waals surface area (Å²) in [6.45, 7) is 6.40. The van der Waals surface area contributed by atoms with Crippen LogP contribution >= 0.6 is 0 Å². The molecule has 3 atom stereocenters. The lowest BCUT2D eigenvalue weighted by Gasteiger charge is -2.29. The number of pyridine rings is 1. The zero-order valence-electron chi connectivity index (χ0n) is 13.0. The van der Waals surface area contributed by atoms with Crippen LogP contribution in [-0.4, -0.2) is 10.1 Å². The van der Waals surface area contributed by atoms with Crippen LogP contribution in [0.5, 0.6) is 0 Å². The minimum Gasteiger partial charge on any atom is -0.388 e. The van der Waals surface area contributed by atoms with E-state index in [9.17, 15) is 5.11 Å². The zero-order valence-corrected chi connectivity index (χ0v) is 13.0. The summed E-state index contributed by atoms with van der Waals surface area (Å²) in [5.41, 5.74) is 4.44. The van der Waals surface area contributed by atoms with Crippen molar-refractivity contribution in [1.29, 1.82) is 0 Å². The molecule has 0 amide bonds. The number of aromatic nitrogens is 1. The topological polar surface area (TPSA) is 33.1 Å². The van der Waals surface area contributed by atoms with E-state index < -0.39 is 0 Å². The summed E-state index contributed by atoms with van der Waals surface area (Å²) < 4.78 is 0. The average Bonchev–Trinajstić information content (AvgIpc) is 2.45. The smallest absolute Gasteiger partial charge is 0.0821 e. The van der Waals surface area contributed by atoms with Crippen LogP contribution in [0, 0.1) is 18.8 Å². The Morgan fingerprint density at radius 1 is 1.19 bits per heavy atom. The van der Waals surface area contributed by atoms with E-state index in [0.29, 0.717) is 11.8 Å². The maximum Gasteiger partial charge on any atom is 0.0821 e. The van der Waals surface area contributed by atoms with E-state index in [1.54, 1.807) is 0 Å². The van der Waals surface area contributed by atoms with Gasteiger partial charge >= 0.3 is 0 Å². The molecule has 3 unspecified atom stereocenters. The first kappa shape index (κ1) is 14.3. The number of allylic oxidation sites excluding steroid dienone is 2. The third-order valence-corrected chi connectivity index (χ3v) is 4.47. The molecule has 2 aromatic rings. The van der Waals surface area contributed by atoms with Crippen LogP contribution in [0.4, 0.5) is 0 Å². The predicted octanol–water partition coefficient (Wildman–Crippen LogP) is 4.57. The molecule has 0 radical (unpaired) electrons. The van der Waals surface area contributed by atoms with E-state index in [2.05, 4.69) is 37.0 Å². The quantitative estimate of drug-likeness (QED) is 0.818. The van der Waals surface area contributed by atoms with Crippen molar-refractivity contribution < 1.29 is 5.11 Å². The van der Waals surface area contributed by atoms with E-state index in [0.717, 1.165) is 35.0 Å². The lowest BCUT2D eigenvalue weighted by molar-refractivity contribution is 0.0934. The molecule has 2 nitrogen and oxygen atoms in total. The van der Waals surface area contributed by atoms with Crippen LogP contribution in [0.15, 0.2) is 42.0 Å². The fraction of sp³-hybridized carbons (Fsp3) is 0.421. The summed E-state index contributed by atoms with van der Waals surface area (Å²) in [4.78, 5) is 4.52. The molecule has 1 aliphatic carbocycles. The standard InChI is InChI=1S/C19H23NO/c1-12-8-13(2)10-17(9-12)19(21)16-6-7-18-15(11-16)5-4-14(3)20-18/h4-8,11-12,17,19,21H,9-10H2,1-3H3. The lowest BCUT2D eigenvalue weighted by Crippen LogP contribution is -2.19. The normalized spacial score (nSPS) is 23.9. The summed E-state index contributed by atoms with van der Waals surface area (Å²) in [7, 11) is 0. The molecule has 0 spiro atoms. The van der Waals surface area contributed by atoms with Gasteiger partial charge in [-0.2, -0.15) is 0 Å². The third kappa shape index (κ3) is 3.01. The number of fused-ring (bicyclic) bond motifs is 1. The van der Waals surface area contributed by atoms with Crippen LogP contribution < -0.4 is 0 Å². The van der Waals surface area contributed by atoms with Crippen LogP contribution in [0.2, 0.25) is 0 Å². The Kier molecular flexibility index (Phi) is 3.81. The van der Waals surface area contributed by atoms with Crippen molar-refractivity contribution in [2.45, 2.75) is 39.7 Å². The number of rotatable bonds is 2. The van der Waals surface area contributed by atoms with Gasteiger partial charge in [-0.25, -0.2) is 0 Å². The Morgan fingerprint density at radius 3 is 2.76 bits per heavy atom. The molecule has 21 heavy (non-hydrogen) atoms. The molecule has 1 N–H and O–H groups in total. The first-order valence-electron chi connectivity index (χ1n) is 7.75. The molecule has 0 bridgehead atoms. The molecule has 0 fully saturated rings. The van der Waals surface area contributed by atoms with Crippen LogP contribution in [0.25, 0.3) is 10.9 Å². The van der Waals surface area contributed by atoms with Gasteiger partial charge in [0, 0.05) is 11.1 Å². The highest BCUT2D eigenvalue weighted by molar-refractivity contribution is 5.79. The Hall–Kier alpha value is -1.67. The Balaban J connectivity index is 1.89. The fourth-order valence-corrected chi connectivity index (χ4v) is 3.54. The summed E-state index contributed by atoms with van der Waals surface area (Å²) in [5.74, 6) is 0.879. The van der Waals surface area contributed by atoms with Crippen molar-refractivity contribution in [1.82, 2.24) is 4.98 Å². The molecule has 1 aliphatic rings. The van der Waals surface area contributed by atoms with Crippen molar-refractivity contribution >= 4 is 10.9 Å². The van der Waals surface area contributed by atoms with Gasteiger partial charge in [0.25, 0.3) is 0 Å². The van der Waals surface area contributed by atoms with E-state index in [1.165, 1.54) is 5.57 Å². The number of nitrogens with zero attached hydrogens (tertiary/aromatic N) is 1. The zero-order chi connectivity index (χ0) is 15.0. The molecule has 1 aromatic heterocycles. The van der Waals surface area contributed by atoms with Crippen molar-refractivity contribution in [3.8, 4) is 0 Å². The number of aliphatic hydroxyl groups excluding tert-OH is 1. The first-order valence-corrected chi connectivity index (χ1v) is 7.75. The predicted molar refractivity (Wildman–Crippen MR) is 87.1 cm³/mol. The molecule has 1 aromatic carbocycles. The van der Waals surface area contributed by atoms with Crippen molar-refractivity contribution in [2.24, 2.45) is 11.8 Å². The Morgan fingerprint density at radius 2 is 2.00 bits per heavy atom. The molecule has 3 rings (SSSR count). The minimum absolute atomic E-state index is 0.320. The minimum atomic E-state index is -0.387. The SMILES string of the molecule is CC1=CC(C)CC(C(O)c2ccc3nc(C)ccc3c2)C1. The number of benzene rings is 1. The van der Waals surface area contributed by atoms with Crippen LogP contribution in [0.1, 0.15) is 44.1 Å². The van der Waals surface area contributed by atoms with Gasteiger partial charge in [0.05, 0.1) is 11.6 Å². The van der Waals surface area contributed by atoms with Crippen LogP contribution in [0.3, 0.4) is 0 Å². The number of hydrogen-bond acceptors (Lipinski definition) is 2. The average molecular weight is 281 g/mol. The number of hydrogen-bond donors (Lipinski definition) is 1. The van der Waals surface area contributed by atoms with Gasteiger partial charge in [0.1, 0.15) is 0 Å². The van der Waals surface area contributed by atoms with Crippen molar-refractivity contribution in [3.63, 3.8) is 0 Å². The maximum absolute atomic E-state index is 10.7. The van der Waals surface area contributed by atoms with Crippen molar-refractivity contribution in [3.05, 3.63) is 53.2 Å². The second-order valence-electron chi connectivity index (χ2n) is 6.54. The van der Waals surface area contributed by atoms with Gasteiger partial charge in [-0.15, -0.1) is 0 Å². The fourth-order valence-electron chi connectivity index (χ4n) is 3.54. The van der Waals surface area contributed by atoms with Crippen LogP contribution in [-0.2, 0) is 0 Å². The summed E-state index contributed by atoms with van der Waals surface area (Å²) in [5, 5.41) is 11.9. The second-order valence-corrected chi connectivity index (χ2v) is 6.54. The van der Waals surface area contributed by atoms with Crippen molar-refractivity contribution in [2.75, 3.05) is 0 Å². The Labute approximate surface area is 126 Å². The van der Waals surface area contributed by atoms with E-state index in [-0.39, 0.29) is 6.10 Å². The van der Waals surface area contributed by atoms with Gasteiger partial charge < -0.3 is 5.11 Å². The van der Waals surface area contributed by atoms with E-state index in [1.807, 2.05) is 25.1 Å². The molecule has 1 heterocycles. The van der Waals surface area contributed by atoms with E-state index in [4.69, 9.17) is 0 Å². The summed E-state index contributed by atoms with van der Waals surface area (Å²) in [6, 6.07) is 10.2. The van der Waals surface area contributed by atoms with Gasteiger partial charge in [-0.3, -0.25) is 4.98 Å². The molecule has 110 valence electrons. The largest absolute Gasteiger partial charge is 0.388 e. The van der Waals surface area contributed by atoms with E-state index >= 15 is 0 Å². The molecule has 0 saturated carbocycles. The van der Waals surface area contributed by atoms with Gasteiger partial charge in [-0.05, 0) is 62.3 Å². The monoisotopic (exact) mass is 281 g/mol. The molecular formula is C19H23NO. The highest BCUT2D eigenvalue weighted by Gasteiger charge is 2.26. The van der Waals surface area contributed by atoms with Gasteiger partial charge in [-0.1, -0.05) is 30.7 Å². The molecule has 0 aliphatic heterocycles. The maximum atomic E-state index is 10.7. The third-order valence-electron chi connectivity index (χ3n) is 4.47. The lowest BCUT2D eigenvalue weighted by atomic mass is 9.79.